The summed E-state index contributed by atoms with van der Waals surface area (Å²) in [6.07, 6.45) is 3.95. The first-order valence-electron chi connectivity index (χ1n) is 12.1. The molecule has 0 N–H and O–H groups in total. The fourth-order valence-corrected chi connectivity index (χ4v) is 5.40. The Morgan fingerprint density at radius 1 is 0.895 bits per heavy atom. The van der Waals surface area contributed by atoms with Gasteiger partial charge in [-0.1, -0.05) is 98.6 Å². The average molecular weight is 561 g/mol. The van der Waals surface area contributed by atoms with Crippen molar-refractivity contribution in [1.29, 1.82) is 0 Å². The molecular formula is C30H44N2O4S2. The van der Waals surface area contributed by atoms with E-state index < -0.39 is 0 Å². The smallest absolute Gasteiger partial charge is 0.259 e. The number of rotatable bonds is 2. The van der Waals surface area contributed by atoms with Crippen molar-refractivity contribution >= 4 is 27.7 Å². The molecule has 2 aromatic rings. The van der Waals surface area contributed by atoms with Crippen LogP contribution in [0.3, 0.4) is 0 Å². The van der Waals surface area contributed by atoms with Crippen molar-refractivity contribution < 1.29 is 9.85 Å². The summed E-state index contributed by atoms with van der Waals surface area (Å²) < 4.78 is 0. The van der Waals surface area contributed by atoms with Gasteiger partial charge in [-0.25, -0.2) is 0 Å². The molecule has 0 radical (unpaired) electrons. The number of nitro groups is 2. The van der Waals surface area contributed by atoms with Crippen LogP contribution in [-0.2, 0) is 10.8 Å². The average Bonchev–Trinajstić information content (AvgIpc) is 3.46. The number of allylic oxidation sites excluding steroid dienone is 3. The normalized spacial score (nSPS) is 12.8. The first kappa shape index (κ1) is 35.2. The molecule has 38 heavy (non-hydrogen) atoms. The molecule has 1 aliphatic rings. The third kappa shape index (κ3) is 10.5. The zero-order valence-electron chi connectivity index (χ0n) is 23.9. The number of hydrogen-bond donors (Lipinski definition) is 0. The number of nitrogens with zero attached hydrogens (tertiary/aromatic N) is 2. The van der Waals surface area contributed by atoms with Gasteiger partial charge < -0.3 is 0 Å². The first-order valence-corrected chi connectivity index (χ1v) is 13.8. The summed E-state index contributed by atoms with van der Waals surface area (Å²) in [6.45, 7) is 22.9. The van der Waals surface area contributed by atoms with E-state index in [9.17, 15) is 20.2 Å². The molecule has 0 saturated heterocycles. The summed E-state index contributed by atoms with van der Waals surface area (Å²) in [7, 11) is 0. The van der Waals surface area contributed by atoms with Crippen molar-refractivity contribution in [1.82, 2.24) is 0 Å². The van der Waals surface area contributed by atoms with E-state index in [0.29, 0.717) is 23.1 Å². The topological polar surface area (TPSA) is 86.3 Å². The Kier molecular flexibility index (Phi) is 12.9. The highest BCUT2D eigenvalue weighted by atomic mass is 32.1. The summed E-state index contributed by atoms with van der Waals surface area (Å²) in [5.41, 5.74) is 3.71. The molecule has 0 bridgehead atoms. The summed E-state index contributed by atoms with van der Waals surface area (Å²) in [5, 5.41) is 23.5. The van der Waals surface area contributed by atoms with Crippen LogP contribution in [-0.4, -0.2) is 9.85 Å². The lowest BCUT2D eigenvalue weighted by atomic mass is 9.86. The standard InChI is InChI=1S/C11H13NO2S.C9H13NO2.C9H14S.CH4/c1-5-6-8-7-9(11(2,3)4)15-10(8)12(13)14;1-9(2,3)7-4-5-8(6-7)10(11)12;1-7-5-6-10-8(7)9(2,3)4;/h7H,1-4H3;4-5H,6H2,1-3H3;5-6H,1-4H3;1H4. The van der Waals surface area contributed by atoms with Gasteiger partial charge in [-0.15, -0.1) is 17.3 Å². The number of hydrogen-bond acceptors (Lipinski definition) is 6. The van der Waals surface area contributed by atoms with E-state index in [1.807, 2.05) is 44.3 Å². The van der Waals surface area contributed by atoms with Gasteiger partial charge in [0.05, 0.1) is 16.3 Å². The van der Waals surface area contributed by atoms with Crippen molar-refractivity contribution in [2.75, 3.05) is 0 Å². The summed E-state index contributed by atoms with van der Waals surface area (Å²) >= 11 is 3.07. The van der Waals surface area contributed by atoms with Gasteiger partial charge in [0.25, 0.3) is 0 Å². The third-order valence-corrected chi connectivity index (χ3v) is 8.42. The van der Waals surface area contributed by atoms with Gasteiger partial charge in [-0.3, -0.25) is 20.2 Å². The molecule has 1 aliphatic carbocycles. The van der Waals surface area contributed by atoms with Crippen molar-refractivity contribution in [3.05, 3.63) is 82.0 Å². The molecule has 0 fully saturated rings. The van der Waals surface area contributed by atoms with Crippen molar-refractivity contribution in [2.45, 2.75) is 101 Å². The second-order valence-corrected chi connectivity index (χ2v) is 13.9. The molecule has 6 nitrogen and oxygen atoms in total. The molecule has 0 aromatic carbocycles. The Morgan fingerprint density at radius 2 is 1.47 bits per heavy atom. The number of aryl methyl sites for hydroxylation is 1. The summed E-state index contributed by atoms with van der Waals surface area (Å²) in [6, 6.07) is 4.00. The van der Waals surface area contributed by atoms with Crippen LogP contribution in [0.5, 0.6) is 0 Å². The molecule has 0 spiro atoms. The van der Waals surface area contributed by atoms with Gasteiger partial charge in [0.15, 0.2) is 0 Å². The minimum absolute atomic E-state index is 0. The van der Waals surface area contributed by atoms with Crippen LogP contribution >= 0.6 is 22.7 Å². The molecule has 0 amide bonds. The maximum atomic E-state index is 10.8. The Balaban J connectivity index is 0.000000544. The van der Waals surface area contributed by atoms with Crippen LogP contribution in [0.4, 0.5) is 5.00 Å². The second-order valence-electron chi connectivity index (χ2n) is 11.9. The van der Waals surface area contributed by atoms with Crippen LogP contribution in [0.1, 0.15) is 104 Å². The lowest BCUT2D eigenvalue weighted by molar-refractivity contribution is -0.426. The highest BCUT2D eigenvalue weighted by Crippen LogP contribution is 2.37. The van der Waals surface area contributed by atoms with E-state index in [1.165, 1.54) is 21.8 Å². The summed E-state index contributed by atoms with van der Waals surface area (Å²) in [4.78, 5) is 23.0. The predicted octanol–water partition coefficient (Wildman–Crippen LogP) is 9.84. The van der Waals surface area contributed by atoms with Gasteiger partial charge in [0.2, 0.25) is 5.70 Å². The molecule has 210 valence electrons. The SMILES string of the molecule is C.CC#Cc1cc(C(C)(C)C)sc1[N+](=O)[O-].CC(C)(C)C1=CC=C([N+](=O)[O-])C1.Cc1ccsc1C(C)(C)C. The molecular weight excluding hydrogens is 516 g/mol. The van der Waals surface area contributed by atoms with E-state index in [2.05, 4.69) is 71.8 Å². The molecule has 3 rings (SSSR count). The van der Waals surface area contributed by atoms with Crippen LogP contribution in [0, 0.1) is 44.4 Å². The lowest BCUT2D eigenvalue weighted by Crippen LogP contribution is -2.09. The fraction of sp³-hybridized carbons (Fsp3) is 0.533. The maximum Gasteiger partial charge on any atom is 0.339 e. The van der Waals surface area contributed by atoms with Crippen LogP contribution in [0.15, 0.2) is 40.9 Å². The Labute approximate surface area is 237 Å². The molecule has 0 atom stereocenters. The highest BCUT2D eigenvalue weighted by molar-refractivity contribution is 7.15. The van der Waals surface area contributed by atoms with Gasteiger partial charge in [0.1, 0.15) is 5.56 Å². The lowest BCUT2D eigenvalue weighted by Gasteiger charge is -2.19. The van der Waals surface area contributed by atoms with Gasteiger partial charge >= 0.3 is 5.00 Å². The Bertz CT molecular complexity index is 1230. The predicted molar refractivity (Wildman–Crippen MR) is 164 cm³/mol. The van der Waals surface area contributed by atoms with Crippen molar-refractivity contribution in [2.24, 2.45) is 5.41 Å². The monoisotopic (exact) mass is 560 g/mol. The van der Waals surface area contributed by atoms with E-state index in [-0.39, 0.29) is 33.1 Å². The molecule has 0 aliphatic heterocycles. The van der Waals surface area contributed by atoms with Gasteiger partial charge in [-0.05, 0) is 53.2 Å². The number of thiophene rings is 2. The Hall–Kier alpha value is -2.76. The largest absolute Gasteiger partial charge is 0.339 e. The minimum atomic E-state index is -0.362. The molecule has 0 unspecified atom stereocenters. The molecule has 2 aromatic heterocycles. The molecule has 0 saturated carbocycles. The van der Waals surface area contributed by atoms with Crippen LogP contribution in [0.25, 0.3) is 0 Å². The van der Waals surface area contributed by atoms with Gasteiger partial charge in [-0.2, -0.15) is 0 Å². The Morgan fingerprint density at radius 3 is 1.76 bits per heavy atom. The molecule has 2 heterocycles. The summed E-state index contributed by atoms with van der Waals surface area (Å²) in [5.74, 6) is 5.46. The van der Waals surface area contributed by atoms with Crippen molar-refractivity contribution in [3.63, 3.8) is 0 Å². The van der Waals surface area contributed by atoms with Crippen LogP contribution < -0.4 is 0 Å². The highest BCUT2D eigenvalue weighted by Gasteiger charge is 2.26. The third-order valence-electron chi connectivity index (χ3n) is 5.47. The zero-order chi connectivity index (χ0) is 28.8. The maximum absolute atomic E-state index is 10.8. The second kappa shape index (κ2) is 13.9. The molecule has 8 heteroatoms. The fourth-order valence-electron chi connectivity index (χ4n) is 3.40. The minimum Gasteiger partial charge on any atom is -0.259 e. The van der Waals surface area contributed by atoms with Gasteiger partial charge in [0, 0.05) is 15.8 Å². The van der Waals surface area contributed by atoms with E-state index in [4.69, 9.17) is 0 Å². The first-order chi connectivity index (χ1) is 16.8. The van der Waals surface area contributed by atoms with E-state index in [1.54, 1.807) is 13.0 Å². The van der Waals surface area contributed by atoms with E-state index >= 15 is 0 Å². The van der Waals surface area contributed by atoms with Crippen LogP contribution in [0.2, 0.25) is 0 Å². The van der Waals surface area contributed by atoms with E-state index in [0.717, 1.165) is 10.5 Å². The quantitative estimate of drug-likeness (QED) is 0.208. The zero-order valence-corrected chi connectivity index (χ0v) is 25.6. The van der Waals surface area contributed by atoms with Crippen molar-refractivity contribution in [3.8, 4) is 11.8 Å².